The second-order valence-electron chi connectivity index (χ2n) is 5.43. The van der Waals surface area contributed by atoms with Crippen LogP contribution in [-0.2, 0) is 6.61 Å². The molecule has 1 N–H and O–H groups in total. The predicted octanol–water partition coefficient (Wildman–Crippen LogP) is 3.32. The van der Waals surface area contributed by atoms with Gasteiger partial charge in [0.2, 0.25) is 0 Å². The lowest BCUT2D eigenvalue weighted by Gasteiger charge is -2.10. The van der Waals surface area contributed by atoms with Crippen molar-refractivity contribution in [1.29, 1.82) is 0 Å². The van der Waals surface area contributed by atoms with Gasteiger partial charge in [-0.05, 0) is 55.3 Å². The molecule has 0 spiro atoms. The van der Waals surface area contributed by atoms with Crippen molar-refractivity contribution in [3.63, 3.8) is 0 Å². The van der Waals surface area contributed by atoms with Crippen molar-refractivity contribution in [3.05, 3.63) is 64.9 Å². The van der Waals surface area contributed by atoms with Crippen molar-refractivity contribution in [3.8, 4) is 16.9 Å². The fourth-order valence-corrected chi connectivity index (χ4v) is 2.61. The number of aromatic nitrogens is 3. The molecule has 2 aromatic carbocycles. The Morgan fingerprint density at radius 3 is 2.30 bits per heavy atom. The fraction of sp³-hybridized carbons (Fsp3) is 0.176. The van der Waals surface area contributed by atoms with E-state index in [1.807, 2.05) is 32.0 Å². The molecule has 1 aromatic heterocycles. The Labute approximate surface area is 132 Å². The van der Waals surface area contributed by atoms with Crippen molar-refractivity contribution in [1.82, 2.24) is 15.0 Å². The second kappa shape index (κ2) is 5.89. The van der Waals surface area contributed by atoms with Gasteiger partial charge < -0.3 is 5.11 Å². The van der Waals surface area contributed by atoms with Crippen LogP contribution >= 0.6 is 0 Å². The molecule has 0 saturated carbocycles. The molecule has 23 heavy (non-hydrogen) atoms. The molecule has 0 saturated heterocycles. The van der Waals surface area contributed by atoms with Crippen LogP contribution in [-0.4, -0.2) is 20.1 Å². The number of aliphatic hydroxyl groups excluding tert-OH is 1. The Kier molecular flexibility index (Phi) is 3.92. The molecule has 3 aromatic rings. The highest BCUT2D eigenvalue weighted by molar-refractivity contribution is 5.64. The smallest absolute Gasteiger partial charge is 0.159 e. The molecule has 0 fully saturated rings. The monoisotopic (exact) mass is 315 g/mol. The largest absolute Gasteiger partial charge is 0.390 e. The lowest BCUT2D eigenvalue weighted by molar-refractivity contribution is 0.277. The van der Waals surface area contributed by atoms with Crippen molar-refractivity contribution in [2.75, 3.05) is 0 Å². The van der Waals surface area contributed by atoms with E-state index in [0.717, 1.165) is 28.9 Å². The Hall–Kier alpha value is -2.60. The molecule has 0 aliphatic rings. The number of nitrogens with zero attached hydrogens (tertiary/aromatic N) is 3. The zero-order valence-corrected chi connectivity index (χ0v) is 12.7. The number of hydrogen-bond donors (Lipinski definition) is 1. The molecule has 0 amide bonds. The minimum atomic E-state index is -0.959. The molecule has 1 heterocycles. The molecule has 0 radical (unpaired) electrons. The molecule has 4 nitrogen and oxygen atoms in total. The van der Waals surface area contributed by atoms with Gasteiger partial charge in [-0.25, -0.2) is 13.5 Å². The van der Waals surface area contributed by atoms with Crippen LogP contribution < -0.4 is 0 Å². The Morgan fingerprint density at radius 2 is 1.70 bits per heavy atom. The Morgan fingerprint density at radius 1 is 1.00 bits per heavy atom. The fourth-order valence-electron chi connectivity index (χ4n) is 2.61. The van der Waals surface area contributed by atoms with Crippen molar-refractivity contribution < 1.29 is 13.9 Å². The van der Waals surface area contributed by atoms with E-state index in [0.29, 0.717) is 17.0 Å². The summed E-state index contributed by atoms with van der Waals surface area (Å²) in [5.41, 5.74) is 3.97. The molecule has 6 heteroatoms. The van der Waals surface area contributed by atoms with Crippen LogP contribution in [0.2, 0.25) is 0 Å². The van der Waals surface area contributed by atoms with Crippen LogP contribution in [0.1, 0.15) is 16.8 Å². The number of aryl methyl sites for hydroxylation is 2. The van der Waals surface area contributed by atoms with E-state index in [1.165, 1.54) is 10.7 Å². The van der Waals surface area contributed by atoms with Gasteiger partial charge >= 0.3 is 0 Å². The molecule has 0 aliphatic carbocycles. The van der Waals surface area contributed by atoms with Gasteiger partial charge in [0.25, 0.3) is 0 Å². The molecule has 0 bridgehead atoms. The van der Waals surface area contributed by atoms with Crippen LogP contribution in [0.15, 0.2) is 36.4 Å². The molecule has 0 aliphatic heterocycles. The van der Waals surface area contributed by atoms with E-state index in [1.54, 1.807) is 0 Å². The molecule has 0 unspecified atom stereocenters. The molecular formula is C17H15F2N3O. The molecule has 0 atom stereocenters. The van der Waals surface area contributed by atoms with Gasteiger partial charge in [0.05, 0.1) is 12.3 Å². The van der Waals surface area contributed by atoms with Gasteiger partial charge in [-0.3, -0.25) is 0 Å². The maximum atomic E-state index is 13.6. The number of aliphatic hydroxyl groups is 1. The van der Waals surface area contributed by atoms with Crippen molar-refractivity contribution in [2.24, 2.45) is 0 Å². The van der Waals surface area contributed by atoms with E-state index in [4.69, 9.17) is 0 Å². The van der Waals surface area contributed by atoms with E-state index in [9.17, 15) is 13.9 Å². The van der Waals surface area contributed by atoms with E-state index < -0.39 is 11.6 Å². The van der Waals surface area contributed by atoms with Gasteiger partial charge in [0.15, 0.2) is 11.6 Å². The Bertz CT molecular complexity index is 854. The average Bonchev–Trinajstić information content (AvgIpc) is 2.93. The molecule has 118 valence electrons. The minimum absolute atomic E-state index is 0.301. The zero-order valence-electron chi connectivity index (χ0n) is 12.7. The van der Waals surface area contributed by atoms with E-state index in [-0.39, 0.29) is 6.61 Å². The standard InChI is InChI=1S/C17H15F2N3O/c1-10-5-11(2)7-13(6-10)22-17(16(9-23)20-21-22)12-3-4-14(18)15(19)8-12/h3-8,23H,9H2,1-2H3. The van der Waals surface area contributed by atoms with Crippen LogP contribution in [0.4, 0.5) is 8.78 Å². The maximum absolute atomic E-state index is 13.6. The van der Waals surface area contributed by atoms with Crippen LogP contribution in [0.25, 0.3) is 16.9 Å². The summed E-state index contributed by atoms with van der Waals surface area (Å²) < 4.78 is 28.3. The summed E-state index contributed by atoms with van der Waals surface area (Å²) >= 11 is 0. The van der Waals surface area contributed by atoms with Crippen LogP contribution in [0.3, 0.4) is 0 Å². The number of rotatable bonds is 3. The first kappa shape index (κ1) is 15.3. The highest BCUT2D eigenvalue weighted by Crippen LogP contribution is 2.27. The quantitative estimate of drug-likeness (QED) is 0.806. The molecule has 3 rings (SSSR count). The third kappa shape index (κ3) is 2.85. The van der Waals surface area contributed by atoms with Gasteiger partial charge in [0.1, 0.15) is 11.4 Å². The number of halogens is 2. The second-order valence-corrected chi connectivity index (χ2v) is 5.43. The van der Waals surface area contributed by atoms with Crippen LogP contribution in [0.5, 0.6) is 0 Å². The summed E-state index contributed by atoms with van der Waals surface area (Å²) in [5, 5.41) is 17.5. The Balaban J connectivity index is 2.23. The highest BCUT2D eigenvalue weighted by Gasteiger charge is 2.17. The summed E-state index contributed by atoms with van der Waals surface area (Å²) in [4.78, 5) is 0. The first-order valence-corrected chi connectivity index (χ1v) is 7.09. The first-order valence-electron chi connectivity index (χ1n) is 7.09. The van der Waals surface area contributed by atoms with Crippen molar-refractivity contribution >= 4 is 0 Å². The maximum Gasteiger partial charge on any atom is 0.159 e. The van der Waals surface area contributed by atoms with Crippen LogP contribution in [0, 0.1) is 25.5 Å². The number of hydrogen-bond acceptors (Lipinski definition) is 3. The zero-order chi connectivity index (χ0) is 16.6. The van der Waals surface area contributed by atoms with E-state index >= 15 is 0 Å². The summed E-state index contributed by atoms with van der Waals surface area (Å²) in [6, 6.07) is 9.40. The van der Waals surface area contributed by atoms with Crippen molar-refractivity contribution in [2.45, 2.75) is 20.5 Å². The van der Waals surface area contributed by atoms with Gasteiger partial charge in [0, 0.05) is 5.56 Å². The minimum Gasteiger partial charge on any atom is -0.390 e. The first-order chi connectivity index (χ1) is 11.0. The summed E-state index contributed by atoms with van der Waals surface area (Å²) in [6.45, 7) is 3.56. The summed E-state index contributed by atoms with van der Waals surface area (Å²) in [7, 11) is 0. The summed E-state index contributed by atoms with van der Waals surface area (Å²) in [6.07, 6.45) is 0. The lowest BCUT2D eigenvalue weighted by atomic mass is 10.1. The van der Waals surface area contributed by atoms with Gasteiger partial charge in [-0.2, -0.15) is 0 Å². The summed E-state index contributed by atoms with van der Waals surface area (Å²) in [5.74, 6) is -1.88. The van der Waals surface area contributed by atoms with E-state index in [2.05, 4.69) is 10.3 Å². The normalized spacial score (nSPS) is 11.0. The highest BCUT2D eigenvalue weighted by atomic mass is 19.2. The lowest BCUT2D eigenvalue weighted by Crippen LogP contribution is -2.02. The molecular weight excluding hydrogens is 300 g/mol. The average molecular weight is 315 g/mol. The van der Waals surface area contributed by atoms with Gasteiger partial charge in [-0.15, -0.1) is 5.10 Å². The topological polar surface area (TPSA) is 50.9 Å². The predicted molar refractivity (Wildman–Crippen MR) is 82.1 cm³/mol. The third-order valence-corrected chi connectivity index (χ3v) is 3.53. The third-order valence-electron chi connectivity index (χ3n) is 3.53. The van der Waals surface area contributed by atoms with Gasteiger partial charge in [-0.1, -0.05) is 11.3 Å². The number of benzene rings is 2. The SMILES string of the molecule is Cc1cc(C)cc(-n2nnc(CO)c2-c2ccc(F)c(F)c2)c1.